The van der Waals surface area contributed by atoms with Gasteiger partial charge in [-0.3, -0.25) is 9.36 Å². The summed E-state index contributed by atoms with van der Waals surface area (Å²) in [7, 11) is 5.31. The molecule has 0 unspecified atom stereocenters. The molecule has 5 aromatic rings. The van der Waals surface area contributed by atoms with Crippen molar-refractivity contribution in [1.82, 2.24) is 19.1 Å². The van der Waals surface area contributed by atoms with Crippen LogP contribution in [0.15, 0.2) is 65.7 Å². The van der Waals surface area contributed by atoms with Crippen molar-refractivity contribution in [2.45, 2.75) is 6.18 Å². The van der Waals surface area contributed by atoms with E-state index in [-0.39, 0.29) is 16.4 Å². The number of hydrogen-bond donors (Lipinski definition) is 0. The van der Waals surface area contributed by atoms with Crippen molar-refractivity contribution in [3.63, 3.8) is 0 Å². The second-order valence-electron chi connectivity index (χ2n) is 8.33. The molecule has 0 amide bonds. The van der Waals surface area contributed by atoms with Crippen LogP contribution >= 0.6 is 11.6 Å². The van der Waals surface area contributed by atoms with Crippen LogP contribution in [0.25, 0.3) is 38.9 Å². The molecule has 3 aromatic heterocycles. The van der Waals surface area contributed by atoms with Crippen molar-refractivity contribution in [3.05, 3.63) is 82.0 Å². The molecule has 178 valence electrons. The number of benzene rings is 2. The van der Waals surface area contributed by atoms with Crippen LogP contribution in [0.1, 0.15) is 5.69 Å². The summed E-state index contributed by atoms with van der Waals surface area (Å²) in [5.41, 5.74) is 1.39. The van der Waals surface area contributed by atoms with Gasteiger partial charge in [-0.05, 0) is 42.0 Å². The highest BCUT2D eigenvalue weighted by Crippen LogP contribution is 2.38. The van der Waals surface area contributed by atoms with Crippen LogP contribution in [0.5, 0.6) is 0 Å². The molecule has 0 radical (unpaired) electrons. The van der Waals surface area contributed by atoms with Crippen LogP contribution in [-0.4, -0.2) is 33.2 Å². The number of aryl methyl sites for hydroxylation is 1. The molecule has 0 fully saturated rings. The van der Waals surface area contributed by atoms with Gasteiger partial charge in [-0.25, -0.2) is 9.97 Å². The molecule has 3 heterocycles. The lowest BCUT2D eigenvalue weighted by Crippen LogP contribution is -2.26. The highest BCUT2D eigenvalue weighted by atomic mass is 35.5. The number of pyridine rings is 2. The summed E-state index contributed by atoms with van der Waals surface area (Å²) in [6.45, 7) is 0. The molecular weight excluding hydrogens is 479 g/mol. The van der Waals surface area contributed by atoms with Crippen molar-refractivity contribution in [2.24, 2.45) is 7.05 Å². The van der Waals surface area contributed by atoms with E-state index < -0.39 is 17.4 Å². The Hall–Kier alpha value is -3.85. The van der Waals surface area contributed by atoms with E-state index in [1.165, 1.54) is 6.07 Å². The van der Waals surface area contributed by atoms with Crippen molar-refractivity contribution in [3.8, 4) is 16.8 Å². The molecule has 0 N–H and O–H groups in total. The Balaban J connectivity index is 1.98. The average Bonchev–Trinajstić information content (AvgIpc) is 3.18. The average molecular weight is 498 g/mol. The summed E-state index contributed by atoms with van der Waals surface area (Å²) in [6.07, 6.45) is -3.01. The molecule has 0 aliphatic carbocycles. The number of anilines is 1. The number of halogens is 4. The Morgan fingerprint density at radius 3 is 2.46 bits per heavy atom. The summed E-state index contributed by atoms with van der Waals surface area (Å²) in [5.74, 6) is 0. The fraction of sp³-hybridized carbons (Fsp3) is 0.160. The number of nitrogens with zero attached hydrogens (tertiary/aromatic N) is 5. The Morgan fingerprint density at radius 1 is 1.03 bits per heavy atom. The minimum Gasteiger partial charge on any atom is -0.376 e. The second kappa shape index (κ2) is 8.13. The molecule has 0 saturated heterocycles. The fourth-order valence-corrected chi connectivity index (χ4v) is 4.49. The number of aromatic nitrogens is 4. The van der Waals surface area contributed by atoms with Crippen molar-refractivity contribution < 1.29 is 13.2 Å². The van der Waals surface area contributed by atoms with E-state index in [1.807, 2.05) is 17.7 Å². The third-order valence-electron chi connectivity index (χ3n) is 5.84. The fourth-order valence-electron chi connectivity index (χ4n) is 4.27. The summed E-state index contributed by atoms with van der Waals surface area (Å²) >= 11 is 6.41. The highest BCUT2D eigenvalue weighted by Gasteiger charge is 2.34. The Kier molecular flexibility index (Phi) is 5.32. The zero-order valence-electron chi connectivity index (χ0n) is 18.9. The van der Waals surface area contributed by atoms with Crippen molar-refractivity contribution >= 4 is 39.4 Å². The minimum atomic E-state index is -4.68. The number of fused-ring (bicyclic) bond motifs is 2. The van der Waals surface area contributed by atoms with Gasteiger partial charge in [0, 0.05) is 26.5 Å². The number of alkyl halides is 3. The Labute approximate surface area is 202 Å². The van der Waals surface area contributed by atoms with Gasteiger partial charge in [0.05, 0.1) is 39.3 Å². The molecule has 0 spiro atoms. The first-order valence-electron chi connectivity index (χ1n) is 10.6. The number of hydrogen-bond acceptors (Lipinski definition) is 4. The molecule has 2 aromatic carbocycles. The first-order chi connectivity index (χ1) is 16.6. The lowest BCUT2D eigenvalue weighted by Gasteiger charge is -2.23. The summed E-state index contributed by atoms with van der Waals surface area (Å²) in [5, 5.41) is 0.586. The predicted octanol–water partition coefficient (Wildman–Crippen LogP) is 5.68. The van der Waals surface area contributed by atoms with Crippen LogP contribution in [0, 0.1) is 0 Å². The van der Waals surface area contributed by atoms with Crippen molar-refractivity contribution in [1.29, 1.82) is 0 Å². The van der Waals surface area contributed by atoms with Gasteiger partial charge < -0.3 is 9.47 Å². The zero-order chi connectivity index (χ0) is 25.1. The molecule has 0 atom stereocenters. The Morgan fingerprint density at radius 2 is 1.77 bits per heavy atom. The minimum absolute atomic E-state index is 0.132. The molecule has 10 heteroatoms. The van der Waals surface area contributed by atoms with Gasteiger partial charge in [-0.15, -0.1) is 0 Å². The SMILES string of the molecule is CN(C)c1c(-c2ccc3ncn(C)c3c2)c(=O)n(-c2ccccc2Cl)c2nc(C(F)(F)F)ccc12. The van der Waals surface area contributed by atoms with Gasteiger partial charge in [-0.1, -0.05) is 29.8 Å². The van der Waals surface area contributed by atoms with E-state index >= 15 is 0 Å². The lowest BCUT2D eigenvalue weighted by atomic mass is 10.0. The van der Waals surface area contributed by atoms with E-state index in [4.69, 9.17) is 11.6 Å². The third-order valence-corrected chi connectivity index (χ3v) is 6.16. The van der Waals surface area contributed by atoms with E-state index in [1.54, 1.807) is 61.7 Å². The molecule has 6 nitrogen and oxygen atoms in total. The smallest absolute Gasteiger partial charge is 0.376 e. The number of imidazole rings is 1. The van der Waals surface area contributed by atoms with Crippen LogP contribution in [-0.2, 0) is 13.2 Å². The molecule has 35 heavy (non-hydrogen) atoms. The molecule has 0 aliphatic heterocycles. The maximum atomic E-state index is 14.1. The maximum absolute atomic E-state index is 14.1. The molecular formula is C25H19ClF3N5O. The van der Waals surface area contributed by atoms with Crippen LogP contribution in [0.3, 0.4) is 0 Å². The number of rotatable bonds is 3. The summed E-state index contributed by atoms with van der Waals surface area (Å²) < 4.78 is 43.8. The largest absolute Gasteiger partial charge is 0.433 e. The normalized spacial score (nSPS) is 12.0. The Bertz CT molecular complexity index is 1670. The van der Waals surface area contributed by atoms with Gasteiger partial charge in [0.15, 0.2) is 0 Å². The van der Waals surface area contributed by atoms with Crippen LogP contribution in [0.4, 0.5) is 18.9 Å². The molecule has 0 bridgehead atoms. The topological polar surface area (TPSA) is 56.0 Å². The zero-order valence-corrected chi connectivity index (χ0v) is 19.7. The lowest BCUT2D eigenvalue weighted by molar-refractivity contribution is -0.141. The molecule has 0 saturated carbocycles. The van der Waals surface area contributed by atoms with Crippen molar-refractivity contribution in [2.75, 3.05) is 19.0 Å². The van der Waals surface area contributed by atoms with Gasteiger partial charge in [-0.2, -0.15) is 13.2 Å². The van der Waals surface area contributed by atoms with Gasteiger partial charge in [0.2, 0.25) is 0 Å². The van der Waals surface area contributed by atoms with Crippen LogP contribution < -0.4 is 10.5 Å². The summed E-state index contributed by atoms with van der Waals surface area (Å²) in [6, 6.07) is 14.2. The van der Waals surface area contributed by atoms with Gasteiger partial charge >= 0.3 is 6.18 Å². The van der Waals surface area contributed by atoms with Gasteiger partial charge in [0.25, 0.3) is 5.56 Å². The third kappa shape index (κ3) is 3.72. The van der Waals surface area contributed by atoms with E-state index in [2.05, 4.69) is 9.97 Å². The van der Waals surface area contributed by atoms with Gasteiger partial charge in [0.1, 0.15) is 11.3 Å². The highest BCUT2D eigenvalue weighted by molar-refractivity contribution is 6.32. The first-order valence-corrected chi connectivity index (χ1v) is 11.0. The monoisotopic (exact) mass is 497 g/mol. The first kappa shape index (κ1) is 22.9. The second-order valence-corrected chi connectivity index (χ2v) is 8.74. The maximum Gasteiger partial charge on any atom is 0.433 e. The molecule has 0 aliphatic rings. The van der Waals surface area contributed by atoms with E-state index in [9.17, 15) is 18.0 Å². The quantitative estimate of drug-likeness (QED) is 0.322. The van der Waals surface area contributed by atoms with Crippen LogP contribution in [0.2, 0.25) is 5.02 Å². The standard InChI is InChI=1S/C25H19ClF3N5O/c1-32(2)22-15-9-11-20(25(27,28)29)31-23(15)34(18-7-5-4-6-16(18)26)24(35)21(22)14-8-10-17-19(12-14)33(3)13-30-17/h4-13H,1-3H3. The molecule has 5 rings (SSSR count). The van der Waals surface area contributed by atoms with E-state index in [0.29, 0.717) is 22.2 Å². The number of para-hydroxylation sites is 1. The predicted molar refractivity (Wildman–Crippen MR) is 131 cm³/mol. The van der Waals surface area contributed by atoms with E-state index in [0.717, 1.165) is 21.7 Å². The summed E-state index contributed by atoms with van der Waals surface area (Å²) in [4.78, 5) is 24.0.